The van der Waals surface area contributed by atoms with Crippen molar-refractivity contribution in [3.63, 3.8) is 0 Å². The molecule has 1 aliphatic carbocycles. The highest BCUT2D eigenvalue weighted by molar-refractivity contribution is 7.09. The van der Waals surface area contributed by atoms with E-state index in [4.69, 9.17) is 4.74 Å². The second-order valence-corrected chi connectivity index (χ2v) is 5.53. The van der Waals surface area contributed by atoms with E-state index in [0.29, 0.717) is 12.1 Å². The van der Waals surface area contributed by atoms with Gasteiger partial charge in [0.1, 0.15) is 5.82 Å². The maximum Gasteiger partial charge on any atom is 0.205 e. The monoisotopic (exact) mass is 253 g/mol. The largest absolute Gasteiger partial charge is 0.374 e. The first kappa shape index (κ1) is 11.4. The van der Waals surface area contributed by atoms with Gasteiger partial charge in [0.2, 0.25) is 5.13 Å². The lowest BCUT2D eigenvalue weighted by atomic mass is 9.90. The van der Waals surface area contributed by atoms with Gasteiger partial charge in [-0.15, -0.1) is 0 Å². The van der Waals surface area contributed by atoms with Crippen molar-refractivity contribution in [2.24, 2.45) is 0 Å². The van der Waals surface area contributed by atoms with E-state index in [0.717, 1.165) is 30.5 Å². The Labute approximate surface area is 106 Å². The van der Waals surface area contributed by atoms with Crippen LogP contribution in [0.1, 0.15) is 38.4 Å². The summed E-state index contributed by atoms with van der Waals surface area (Å²) in [6, 6.07) is 0.537. The fourth-order valence-corrected chi connectivity index (χ4v) is 3.67. The first-order valence-corrected chi connectivity index (χ1v) is 7.36. The SMILES string of the molecule is CCc1nsc(N2CCOC3CCCCC32)n1. The number of hydrogen-bond donors (Lipinski definition) is 0. The van der Waals surface area contributed by atoms with Gasteiger partial charge in [-0.1, -0.05) is 19.8 Å². The number of morpholine rings is 1. The van der Waals surface area contributed by atoms with Crippen LogP contribution in [0.3, 0.4) is 0 Å². The van der Waals surface area contributed by atoms with Crippen LogP contribution in [-0.4, -0.2) is 34.7 Å². The van der Waals surface area contributed by atoms with Crippen LogP contribution >= 0.6 is 11.5 Å². The topological polar surface area (TPSA) is 38.2 Å². The van der Waals surface area contributed by atoms with Crippen molar-refractivity contribution < 1.29 is 4.74 Å². The molecule has 2 aliphatic rings. The van der Waals surface area contributed by atoms with Gasteiger partial charge < -0.3 is 9.64 Å². The summed E-state index contributed by atoms with van der Waals surface area (Å²) in [5.41, 5.74) is 0. The highest BCUT2D eigenvalue weighted by Crippen LogP contribution is 2.32. The van der Waals surface area contributed by atoms with Crippen molar-refractivity contribution >= 4 is 16.7 Å². The third kappa shape index (κ3) is 2.18. The summed E-state index contributed by atoms with van der Waals surface area (Å²) in [5.74, 6) is 0.976. The molecular formula is C12H19N3OS. The normalized spacial score (nSPS) is 29.1. The highest BCUT2D eigenvalue weighted by Gasteiger charge is 2.35. The summed E-state index contributed by atoms with van der Waals surface area (Å²) in [4.78, 5) is 7.06. The molecule has 1 saturated heterocycles. The summed E-state index contributed by atoms with van der Waals surface area (Å²) in [5, 5.41) is 1.10. The van der Waals surface area contributed by atoms with Gasteiger partial charge in [-0.3, -0.25) is 0 Å². The Balaban J connectivity index is 1.80. The molecule has 1 aromatic rings. The molecule has 2 heterocycles. The van der Waals surface area contributed by atoms with Crippen LogP contribution in [0.15, 0.2) is 0 Å². The zero-order valence-corrected chi connectivity index (χ0v) is 11.1. The zero-order chi connectivity index (χ0) is 11.7. The van der Waals surface area contributed by atoms with Crippen LogP contribution in [0, 0.1) is 0 Å². The Hall–Kier alpha value is -0.680. The number of aromatic nitrogens is 2. The summed E-state index contributed by atoms with van der Waals surface area (Å²) < 4.78 is 10.3. The average Bonchev–Trinajstić information content (AvgIpc) is 2.87. The summed E-state index contributed by atoms with van der Waals surface area (Å²) in [6.07, 6.45) is 6.43. The Morgan fingerprint density at radius 2 is 2.29 bits per heavy atom. The van der Waals surface area contributed by atoms with Crippen LogP contribution in [0.25, 0.3) is 0 Å². The minimum Gasteiger partial charge on any atom is -0.374 e. The predicted octanol–water partition coefficient (Wildman–Crippen LogP) is 2.25. The number of anilines is 1. The molecule has 0 bridgehead atoms. The Morgan fingerprint density at radius 1 is 1.41 bits per heavy atom. The molecule has 0 N–H and O–H groups in total. The minimum atomic E-state index is 0.423. The summed E-state index contributed by atoms with van der Waals surface area (Å²) in [7, 11) is 0. The Morgan fingerprint density at radius 3 is 3.12 bits per heavy atom. The van der Waals surface area contributed by atoms with Crippen LogP contribution in [-0.2, 0) is 11.2 Å². The van der Waals surface area contributed by atoms with Gasteiger partial charge in [0.15, 0.2) is 0 Å². The zero-order valence-electron chi connectivity index (χ0n) is 10.3. The van der Waals surface area contributed by atoms with Crippen LogP contribution in [0.4, 0.5) is 5.13 Å². The maximum atomic E-state index is 5.88. The average molecular weight is 253 g/mol. The first-order valence-electron chi connectivity index (χ1n) is 6.59. The number of nitrogens with zero attached hydrogens (tertiary/aromatic N) is 3. The van der Waals surface area contributed by atoms with Crippen molar-refractivity contribution in [1.29, 1.82) is 0 Å². The maximum absolute atomic E-state index is 5.88. The van der Waals surface area contributed by atoms with E-state index in [9.17, 15) is 0 Å². The van der Waals surface area contributed by atoms with Crippen molar-refractivity contribution in [2.75, 3.05) is 18.1 Å². The molecule has 0 radical (unpaired) electrons. The van der Waals surface area contributed by atoms with Crippen LogP contribution < -0.4 is 4.90 Å². The third-order valence-corrected chi connectivity index (χ3v) is 4.54. The van der Waals surface area contributed by atoms with Crippen molar-refractivity contribution in [3.05, 3.63) is 5.82 Å². The van der Waals surface area contributed by atoms with E-state index in [1.807, 2.05) is 0 Å². The molecule has 2 atom stereocenters. The molecule has 3 rings (SSSR count). The number of hydrogen-bond acceptors (Lipinski definition) is 5. The molecule has 5 heteroatoms. The lowest BCUT2D eigenvalue weighted by Crippen LogP contribution is -2.52. The molecule has 2 unspecified atom stereocenters. The van der Waals surface area contributed by atoms with E-state index in [2.05, 4.69) is 21.2 Å². The van der Waals surface area contributed by atoms with Gasteiger partial charge in [-0.2, -0.15) is 4.37 Å². The lowest BCUT2D eigenvalue weighted by molar-refractivity contribution is -0.00869. The smallest absolute Gasteiger partial charge is 0.205 e. The molecule has 0 amide bonds. The fourth-order valence-electron chi connectivity index (χ4n) is 2.84. The third-order valence-electron chi connectivity index (χ3n) is 3.75. The van der Waals surface area contributed by atoms with E-state index in [-0.39, 0.29) is 0 Å². The number of ether oxygens (including phenoxy) is 1. The first-order chi connectivity index (χ1) is 8.38. The van der Waals surface area contributed by atoms with Gasteiger partial charge in [0, 0.05) is 24.5 Å². The Bertz CT molecular complexity index is 380. The van der Waals surface area contributed by atoms with Crippen molar-refractivity contribution in [1.82, 2.24) is 9.36 Å². The van der Waals surface area contributed by atoms with Gasteiger partial charge >= 0.3 is 0 Å². The highest BCUT2D eigenvalue weighted by atomic mass is 32.1. The number of rotatable bonds is 2. The van der Waals surface area contributed by atoms with Crippen LogP contribution in [0.5, 0.6) is 0 Å². The quantitative estimate of drug-likeness (QED) is 0.810. The molecule has 1 aliphatic heterocycles. The molecule has 17 heavy (non-hydrogen) atoms. The molecule has 1 saturated carbocycles. The molecule has 4 nitrogen and oxygen atoms in total. The molecule has 2 fully saturated rings. The van der Waals surface area contributed by atoms with Crippen molar-refractivity contribution in [2.45, 2.75) is 51.2 Å². The molecule has 0 aromatic carbocycles. The standard InChI is InChI=1S/C12H19N3OS/c1-2-11-13-12(17-14-11)15-7-8-16-10-6-4-3-5-9(10)15/h9-10H,2-8H2,1H3. The van der Waals surface area contributed by atoms with E-state index >= 15 is 0 Å². The summed E-state index contributed by atoms with van der Waals surface area (Å²) in [6.45, 7) is 3.91. The van der Waals surface area contributed by atoms with Gasteiger partial charge in [-0.25, -0.2) is 4.98 Å². The predicted molar refractivity (Wildman–Crippen MR) is 68.6 cm³/mol. The molecular weight excluding hydrogens is 234 g/mol. The number of fused-ring (bicyclic) bond motifs is 1. The fraction of sp³-hybridized carbons (Fsp3) is 0.833. The van der Waals surface area contributed by atoms with E-state index < -0.39 is 0 Å². The van der Waals surface area contributed by atoms with Crippen LogP contribution in [0.2, 0.25) is 0 Å². The second-order valence-electron chi connectivity index (χ2n) is 4.80. The van der Waals surface area contributed by atoms with Gasteiger partial charge in [0.05, 0.1) is 18.8 Å². The molecule has 1 aromatic heterocycles. The number of aryl methyl sites for hydroxylation is 1. The lowest BCUT2D eigenvalue weighted by Gasteiger charge is -2.43. The van der Waals surface area contributed by atoms with Gasteiger partial charge in [-0.05, 0) is 12.8 Å². The second kappa shape index (κ2) is 4.90. The van der Waals surface area contributed by atoms with E-state index in [1.54, 1.807) is 11.5 Å². The van der Waals surface area contributed by atoms with Gasteiger partial charge in [0.25, 0.3) is 0 Å². The summed E-state index contributed by atoms with van der Waals surface area (Å²) >= 11 is 1.55. The minimum absolute atomic E-state index is 0.423. The molecule has 94 valence electrons. The Kier molecular flexibility index (Phi) is 3.29. The van der Waals surface area contributed by atoms with E-state index in [1.165, 1.54) is 25.7 Å². The molecule has 0 spiro atoms. The van der Waals surface area contributed by atoms with Crippen molar-refractivity contribution in [3.8, 4) is 0 Å².